The number of hydrogen-bond donors (Lipinski definition) is 3. The second-order valence-corrected chi connectivity index (χ2v) is 5.74. The van der Waals surface area contributed by atoms with E-state index in [0.29, 0.717) is 24.7 Å². The average molecular weight is 309 g/mol. The highest BCUT2D eigenvalue weighted by atomic mass is 19.1. The fraction of sp³-hybridized carbons (Fsp3) is 0.562. The summed E-state index contributed by atoms with van der Waals surface area (Å²) in [6, 6.07) is 4.46. The van der Waals surface area contributed by atoms with Crippen molar-refractivity contribution in [2.24, 2.45) is 0 Å². The molecule has 1 heterocycles. The van der Waals surface area contributed by atoms with E-state index in [9.17, 15) is 9.18 Å². The van der Waals surface area contributed by atoms with Gasteiger partial charge in [0.05, 0.1) is 5.69 Å². The number of benzene rings is 1. The van der Waals surface area contributed by atoms with E-state index in [4.69, 9.17) is 10.8 Å². The predicted molar refractivity (Wildman–Crippen MR) is 85.0 cm³/mol. The Balaban J connectivity index is 1.85. The predicted octanol–water partition coefficient (Wildman–Crippen LogP) is 1.97. The van der Waals surface area contributed by atoms with Gasteiger partial charge in [0.2, 0.25) is 5.91 Å². The van der Waals surface area contributed by atoms with Crippen LogP contribution in [0.25, 0.3) is 0 Å². The van der Waals surface area contributed by atoms with Gasteiger partial charge in [-0.1, -0.05) is 6.42 Å². The van der Waals surface area contributed by atoms with E-state index >= 15 is 0 Å². The molecule has 1 aromatic carbocycles. The molecule has 122 valence electrons. The number of carbonyl (C=O) groups excluding carboxylic acids is 1. The summed E-state index contributed by atoms with van der Waals surface area (Å²) >= 11 is 0. The van der Waals surface area contributed by atoms with Crippen molar-refractivity contribution in [3.05, 3.63) is 24.0 Å². The van der Waals surface area contributed by atoms with Gasteiger partial charge < -0.3 is 16.2 Å². The molecular formula is C16H24FN3O2. The van der Waals surface area contributed by atoms with Crippen molar-refractivity contribution in [2.45, 2.75) is 38.1 Å². The molecule has 1 unspecified atom stereocenters. The number of nitrogens with zero attached hydrogens (tertiary/aromatic N) is 1. The van der Waals surface area contributed by atoms with Gasteiger partial charge in [0.1, 0.15) is 5.82 Å². The quantitative estimate of drug-likeness (QED) is 0.702. The summed E-state index contributed by atoms with van der Waals surface area (Å²) in [5, 5.41) is 11.7. The Labute approximate surface area is 130 Å². The van der Waals surface area contributed by atoms with Crippen molar-refractivity contribution in [1.29, 1.82) is 0 Å². The van der Waals surface area contributed by atoms with Crippen LogP contribution in [-0.4, -0.2) is 41.7 Å². The van der Waals surface area contributed by atoms with Crippen LogP contribution >= 0.6 is 0 Å². The first-order chi connectivity index (χ1) is 10.6. The van der Waals surface area contributed by atoms with Crippen LogP contribution < -0.4 is 11.1 Å². The Morgan fingerprint density at radius 2 is 2.27 bits per heavy atom. The lowest BCUT2D eigenvalue weighted by Crippen LogP contribution is -2.41. The molecule has 4 N–H and O–H groups in total. The number of rotatable bonds is 6. The molecule has 0 spiro atoms. The van der Waals surface area contributed by atoms with Gasteiger partial charge in [0.25, 0.3) is 0 Å². The number of carbonyl (C=O) groups is 1. The Bertz CT molecular complexity index is 508. The van der Waals surface area contributed by atoms with E-state index < -0.39 is 5.82 Å². The minimum absolute atomic E-state index is 0.121. The molecule has 0 aliphatic carbocycles. The van der Waals surface area contributed by atoms with Crippen LogP contribution in [0.4, 0.5) is 15.8 Å². The highest BCUT2D eigenvalue weighted by Gasteiger charge is 2.22. The van der Waals surface area contributed by atoms with E-state index in [1.165, 1.54) is 24.6 Å². The number of hydrogen-bond acceptors (Lipinski definition) is 4. The smallest absolute Gasteiger partial charge is 0.225 e. The van der Waals surface area contributed by atoms with Crippen LogP contribution in [0, 0.1) is 5.82 Å². The zero-order valence-electron chi connectivity index (χ0n) is 12.7. The molecule has 1 aliphatic heterocycles. The number of aliphatic hydroxyl groups is 1. The highest BCUT2D eigenvalue weighted by Crippen LogP contribution is 2.20. The zero-order chi connectivity index (χ0) is 15.9. The number of nitrogens with two attached hydrogens (primary N) is 1. The summed E-state index contributed by atoms with van der Waals surface area (Å²) in [6.45, 7) is 1.74. The number of piperidine rings is 1. The van der Waals surface area contributed by atoms with Crippen LogP contribution in [0.5, 0.6) is 0 Å². The first-order valence-electron chi connectivity index (χ1n) is 7.80. The maximum absolute atomic E-state index is 13.6. The monoisotopic (exact) mass is 309 g/mol. The molecule has 1 amide bonds. The molecule has 1 aromatic rings. The second-order valence-electron chi connectivity index (χ2n) is 5.74. The summed E-state index contributed by atoms with van der Waals surface area (Å²) in [7, 11) is 0. The minimum Gasteiger partial charge on any atom is -0.399 e. The molecule has 0 saturated carbocycles. The number of amides is 1. The van der Waals surface area contributed by atoms with Gasteiger partial charge in [0, 0.05) is 31.3 Å². The highest BCUT2D eigenvalue weighted by molar-refractivity contribution is 5.91. The van der Waals surface area contributed by atoms with Gasteiger partial charge in [-0.25, -0.2) is 4.39 Å². The third kappa shape index (κ3) is 4.68. The van der Waals surface area contributed by atoms with Gasteiger partial charge in [-0.3, -0.25) is 9.69 Å². The van der Waals surface area contributed by atoms with E-state index in [1.54, 1.807) is 0 Å². The topological polar surface area (TPSA) is 78.6 Å². The molecule has 2 rings (SSSR count). The van der Waals surface area contributed by atoms with Crippen molar-refractivity contribution in [3.8, 4) is 0 Å². The lowest BCUT2D eigenvalue weighted by atomic mass is 9.99. The lowest BCUT2D eigenvalue weighted by molar-refractivity contribution is -0.116. The summed E-state index contributed by atoms with van der Waals surface area (Å²) in [4.78, 5) is 14.2. The maximum Gasteiger partial charge on any atom is 0.225 e. The van der Waals surface area contributed by atoms with Gasteiger partial charge in [0.15, 0.2) is 0 Å². The van der Waals surface area contributed by atoms with Crippen molar-refractivity contribution in [3.63, 3.8) is 0 Å². The third-order valence-electron chi connectivity index (χ3n) is 4.10. The van der Waals surface area contributed by atoms with Crippen LogP contribution in [0.1, 0.15) is 32.1 Å². The zero-order valence-corrected chi connectivity index (χ0v) is 12.7. The van der Waals surface area contributed by atoms with Gasteiger partial charge in [-0.05, 0) is 44.0 Å². The van der Waals surface area contributed by atoms with Gasteiger partial charge >= 0.3 is 0 Å². The maximum atomic E-state index is 13.6. The number of nitrogens with one attached hydrogen (secondary N) is 1. The molecule has 6 heteroatoms. The molecule has 1 saturated heterocycles. The molecule has 0 bridgehead atoms. The second kappa shape index (κ2) is 8.10. The number of nitrogen functional groups attached to an aromatic ring is 1. The van der Waals surface area contributed by atoms with E-state index in [1.807, 2.05) is 0 Å². The van der Waals surface area contributed by atoms with E-state index in [-0.39, 0.29) is 18.2 Å². The minimum atomic E-state index is -0.487. The lowest BCUT2D eigenvalue weighted by Gasteiger charge is -2.35. The van der Waals surface area contributed by atoms with E-state index in [2.05, 4.69) is 10.2 Å². The van der Waals surface area contributed by atoms with E-state index in [0.717, 1.165) is 25.8 Å². The molecule has 5 nitrogen and oxygen atoms in total. The molecule has 22 heavy (non-hydrogen) atoms. The first kappa shape index (κ1) is 16.7. The Kier molecular flexibility index (Phi) is 6.15. The normalized spacial score (nSPS) is 19.1. The van der Waals surface area contributed by atoms with Crippen molar-refractivity contribution in [2.75, 3.05) is 30.7 Å². The van der Waals surface area contributed by atoms with Gasteiger partial charge in [-0.15, -0.1) is 0 Å². The molecular weight excluding hydrogens is 285 g/mol. The Morgan fingerprint density at radius 1 is 1.45 bits per heavy atom. The molecule has 0 radical (unpaired) electrons. The number of anilines is 2. The molecule has 1 aliphatic rings. The molecule has 0 aromatic heterocycles. The summed E-state index contributed by atoms with van der Waals surface area (Å²) in [5.74, 6) is -0.712. The number of likely N-dealkylation sites (tertiary alicyclic amines) is 1. The average Bonchev–Trinajstić information content (AvgIpc) is 2.50. The largest absolute Gasteiger partial charge is 0.399 e. The Morgan fingerprint density at radius 3 is 3.05 bits per heavy atom. The third-order valence-corrected chi connectivity index (χ3v) is 4.10. The van der Waals surface area contributed by atoms with Crippen molar-refractivity contribution < 1.29 is 14.3 Å². The van der Waals surface area contributed by atoms with Crippen molar-refractivity contribution >= 4 is 17.3 Å². The summed E-state index contributed by atoms with van der Waals surface area (Å²) < 4.78 is 13.6. The van der Waals surface area contributed by atoms with Crippen LogP contribution in [-0.2, 0) is 4.79 Å². The summed E-state index contributed by atoms with van der Waals surface area (Å²) in [5.41, 5.74) is 6.13. The van der Waals surface area contributed by atoms with Crippen LogP contribution in [0.3, 0.4) is 0 Å². The van der Waals surface area contributed by atoms with Crippen LogP contribution in [0.2, 0.25) is 0 Å². The molecule has 1 atom stereocenters. The fourth-order valence-electron chi connectivity index (χ4n) is 2.93. The molecule has 1 fully saturated rings. The number of halogens is 1. The SMILES string of the molecule is Nc1ccc(F)c(NC(=O)CCN2CCCCC2CCO)c1. The fourth-order valence-corrected chi connectivity index (χ4v) is 2.93. The first-order valence-corrected chi connectivity index (χ1v) is 7.80. The standard InChI is InChI=1S/C16H24FN3O2/c17-14-5-4-12(18)11-15(14)19-16(22)6-9-20-8-2-1-3-13(20)7-10-21/h4-5,11,13,21H,1-3,6-10,18H2,(H,19,22). The number of aliphatic hydroxyl groups excluding tert-OH is 1. The van der Waals surface area contributed by atoms with Gasteiger partial charge in [-0.2, -0.15) is 0 Å². The summed E-state index contributed by atoms with van der Waals surface area (Å²) in [6.07, 6.45) is 4.39. The van der Waals surface area contributed by atoms with Crippen molar-refractivity contribution in [1.82, 2.24) is 4.90 Å². The Hall–Kier alpha value is -1.66. The van der Waals surface area contributed by atoms with Crippen LogP contribution in [0.15, 0.2) is 18.2 Å².